The number of fused-ring (bicyclic) bond motifs is 2. The Morgan fingerprint density at radius 2 is 2.19 bits per heavy atom. The van der Waals surface area contributed by atoms with Crippen LogP contribution in [0.2, 0.25) is 0 Å². The van der Waals surface area contributed by atoms with E-state index in [0.29, 0.717) is 16.7 Å². The minimum Gasteiger partial charge on any atom is -0.496 e. The maximum Gasteiger partial charge on any atom is 0.261 e. The van der Waals surface area contributed by atoms with Crippen molar-refractivity contribution in [1.82, 2.24) is 10.3 Å². The Hall–Kier alpha value is -2.97. The fraction of sp³-hybridized carbons (Fsp3) is 0.353. The number of hydrogen-bond donors (Lipinski definition) is 2. The lowest BCUT2D eigenvalue weighted by atomic mass is 10.1. The Morgan fingerprint density at radius 1 is 1.42 bits per heavy atom. The fourth-order valence-electron chi connectivity index (χ4n) is 3.44. The van der Waals surface area contributed by atoms with Gasteiger partial charge in [0.05, 0.1) is 30.1 Å². The molecule has 0 bridgehead atoms. The predicted octanol–water partition coefficient (Wildman–Crippen LogP) is 0.896. The minimum absolute atomic E-state index is 0.0957. The van der Waals surface area contributed by atoms with Gasteiger partial charge < -0.3 is 20.5 Å². The van der Waals surface area contributed by atoms with Crippen molar-refractivity contribution in [1.29, 1.82) is 0 Å². The molecular formula is C17H15F2N3O4. The molecule has 2 fully saturated rings. The summed E-state index contributed by atoms with van der Waals surface area (Å²) in [5.41, 5.74) is 3.53. The van der Waals surface area contributed by atoms with Crippen molar-refractivity contribution < 1.29 is 27.8 Å². The number of amides is 2. The number of nitrogens with two attached hydrogens (primary N) is 1. The first-order chi connectivity index (χ1) is 12.4. The van der Waals surface area contributed by atoms with E-state index in [1.54, 1.807) is 12.1 Å². The van der Waals surface area contributed by atoms with Crippen LogP contribution in [0.25, 0.3) is 10.9 Å². The van der Waals surface area contributed by atoms with Crippen LogP contribution in [0.3, 0.4) is 0 Å². The summed E-state index contributed by atoms with van der Waals surface area (Å²) in [6, 6.07) is 3.86. The van der Waals surface area contributed by atoms with Crippen LogP contribution in [-0.4, -0.2) is 48.4 Å². The second kappa shape index (κ2) is 5.52. The highest BCUT2D eigenvalue weighted by atomic mass is 19.2. The molecule has 1 saturated carbocycles. The molecule has 0 spiro atoms. The number of nitrogens with zero attached hydrogens (tertiary/aromatic N) is 1. The topological polar surface area (TPSA) is 104 Å². The summed E-state index contributed by atoms with van der Waals surface area (Å²) in [7, 11) is 1.40. The fourth-order valence-corrected chi connectivity index (χ4v) is 3.44. The van der Waals surface area contributed by atoms with Crippen LogP contribution < -0.4 is 20.5 Å². The molecule has 26 heavy (non-hydrogen) atoms. The molecule has 2 amide bonds. The lowest BCUT2D eigenvalue weighted by molar-refractivity contribution is -0.126. The number of alkyl halides is 2. The second-order valence-corrected chi connectivity index (χ2v) is 6.33. The Bertz CT molecular complexity index is 938. The summed E-state index contributed by atoms with van der Waals surface area (Å²) in [6.45, 7) is -0.0957. The number of hydrogen-bond acceptors (Lipinski definition) is 5. The smallest absolute Gasteiger partial charge is 0.261 e. The summed E-state index contributed by atoms with van der Waals surface area (Å²) in [5, 5.41) is 2.95. The molecule has 4 rings (SSSR count). The third-order valence-corrected chi connectivity index (χ3v) is 4.90. The van der Waals surface area contributed by atoms with E-state index in [1.165, 1.54) is 19.4 Å². The number of aromatic nitrogens is 1. The molecule has 2 heterocycles. The van der Waals surface area contributed by atoms with Crippen LogP contribution in [0.5, 0.6) is 11.5 Å². The number of benzene rings is 1. The van der Waals surface area contributed by atoms with Gasteiger partial charge in [-0.1, -0.05) is 0 Å². The van der Waals surface area contributed by atoms with Gasteiger partial charge in [0.15, 0.2) is 6.17 Å². The van der Waals surface area contributed by atoms with Gasteiger partial charge >= 0.3 is 0 Å². The van der Waals surface area contributed by atoms with Crippen molar-refractivity contribution in [3.63, 3.8) is 0 Å². The lowest BCUT2D eigenvalue weighted by Crippen LogP contribution is -2.39. The summed E-state index contributed by atoms with van der Waals surface area (Å²) in [6.07, 6.45) is -0.325. The van der Waals surface area contributed by atoms with E-state index in [1.807, 2.05) is 0 Å². The summed E-state index contributed by atoms with van der Waals surface area (Å²) < 4.78 is 38.4. The van der Waals surface area contributed by atoms with Crippen LogP contribution in [0.1, 0.15) is 10.4 Å². The standard InChI is InChI=1S/C17H15F2N3O4/c1-25-12-5-7-9(4-8(12)15(20)23)21-3-2-11(7)26-6-10-13-14(18)17(13,19)16(24)22-10/h2-5,10,13-14H,6H2,1H3,(H2,20,23)(H,22,24)/t10-,13+,14+,17-/m1/s1. The molecule has 2 aromatic rings. The minimum atomic E-state index is -2.42. The van der Waals surface area contributed by atoms with Gasteiger partial charge in [-0.3, -0.25) is 14.6 Å². The normalized spacial score (nSPS) is 29.2. The Labute approximate surface area is 146 Å². The quantitative estimate of drug-likeness (QED) is 0.821. The van der Waals surface area contributed by atoms with Crippen molar-refractivity contribution in [3.8, 4) is 11.5 Å². The first kappa shape index (κ1) is 16.5. The van der Waals surface area contributed by atoms with Crippen LogP contribution in [-0.2, 0) is 4.79 Å². The monoisotopic (exact) mass is 363 g/mol. The number of halogens is 2. The van der Waals surface area contributed by atoms with Crippen LogP contribution in [0.15, 0.2) is 24.4 Å². The van der Waals surface area contributed by atoms with Crippen molar-refractivity contribution in [2.75, 3.05) is 13.7 Å². The van der Waals surface area contributed by atoms with Gasteiger partial charge in [0, 0.05) is 11.6 Å². The summed E-state index contributed by atoms with van der Waals surface area (Å²) >= 11 is 0. The molecule has 136 valence electrons. The third kappa shape index (κ3) is 2.19. The molecule has 4 atom stereocenters. The predicted molar refractivity (Wildman–Crippen MR) is 86.5 cm³/mol. The number of pyridine rings is 1. The highest BCUT2D eigenvalue weighted by Crippen LogP contribution is 2.56. The largest absolute Gasteiger partial charge is 0.496 e. The van der Waals surface area contributed by atoms with E-state index >= 15 is 0 Å². The molecule has 0 radical (unpaired) electrons. The zero-order valence-electron chi connectivity index (χ0n) is 13.7. The van der Waals surface area contributed by atoms with Gasteiger partial charge in [0.2, 0.25) is 5.67 Å². The highest BCUT2D eigenvalue weighted by Gasteiger charge is 2.79. The number of piperidine rings is 1. The lowest BCUT2D eigenvalue weighted by Gasteiger charge is -2.16. The first-order valence-corrected chi connectivity index (χ1v) is 7.91. The summed E-state index contributed by atoms with van der Waals surface area (Å²) in [4.78, 5) is 27.2. The molecular weight excluding hydrogens is 348 g/mol. The number of methoxy groups -OCH3 is 1. The second-order valence-electron chi connectivity index (χ2n) is 6.33. The number of nitrogens with one attached hydrogen (secondary N) is 1. The molecule has 1 aromatic heterocycles. The Kier molecular flexibility index (Phi) is 3.50. The van der Waals surface area contributed by atoms with E-state index in [2.05, 4.69) is 10.3 Å². The zero-order chi connectivity index (χ0) is 18.6. The molecule has 1 saturated heterocycles. The Morgan fingerprint density at radius 3 is 2.81 bits per heavy atom. The molecule has 9 heteroatoms. The van der Waals surface area contributed by atoms with Crippen molar-refractivity contribution >= 4 is 22.7 Å². The average Bonchev–Trinajstić information content (AvgIpc) is 3.07. The van der Waals surface area contributed by atoms with Gasteiger partial charge in [0.1, 0.15) is 18.1 Å². The molecule has 7 nitrogen and oxygen atoms in total. The van der Waals surface area contributed by atoms with Crippen LogP contribution in [0.4, 0.5) is 8.78 Å². The summed E-state index contributed by atoms with van der Waals surface area (Å²) in [5.74, 6) is -1.99. The average molecular weight is 363 g/mol. The number of carbonyl (C=O) groups is 2. The molecule has 1 aliphatic carbocycles. The van der Waals surface area contributed by atoms with Crippen molar-refractivity contribution in [2.45, 2.75) is 17.9 Å². The zero-order valence-corrected chi connectivity index (χ0v) is 13.7. The van der Waals surface area contributed by atoms with Gasteiger partial charge in [-0.15, -0.1) is 0 Å². The molecule has 0 unspecified atom stereocenters. The first-order valence-electron chi connectivity index (χ1n) is 7.91. The van der Waals surface area contributed by atoms with E-state index in [0.717, 1.165) is 0 Å². The molecule has 1 aliphatic heterocycles. The number of carbonyl (C=O) groups excluding carboxylic acids is 2. The van der Waals surface area contributed by atoms with Crippen molar-refractivity contribution in [2.24, 2.45) is 11.7 Å². The van der Waals surface area contributed by atoms with Gasteiger partial charge in [-0.2, -0.15) is 0 Å². The molecule has 2 aliphatic rings. The number of rotatable bonds is 5. The maximum atomic E-state index is 14.0. The van der Waals surface area contributed by atoms with E-state index in [-0.39, 0.29) is 17.9 Å². The van der Waals surface area contributed by atoms with Crippen LogP contribution in [0, 0.1) is 5.92 Å². The van der Waals surface area contributed by atoms with E-state index in [4.69, 9.17) is 15.2 Å². The SMILES string of the molecule is COc1cc2c(OC[C@H]3NC(=O)[C@@]4(F)[C@@H]3[C@@H]4F)ccnc2cc1C(N)=O. The third-order valence-electron chi connectivity index (χ3n) is 4.90. The number of ether oxygens (including phenoxy) is 2. The number of primary amides is 1. The maximum absolute atomic E-state index is 14.0. The molecule has 3 N–H and O–H groups in total. The Balaban J connectivity index is 1.61. The van der Waals surface area contributed by atoms with Gasteiger partial charge in [-0.05, 0) is 18.2 Å². The van der Waals surface area contributed by atoms with Gasteiger partial charge in [0.25, 0.3) is 11.8 Å². The van der Waals surface area contributed by atoms with Crippen LogP contribution >= 0.6 is 0 Å². The van der Waals surface area contributed by atoms with Crippen molar-refractivity contribution in [3.05, 3.63) is 30.0 Å². The van der Waals surface area contributed by atoms with Gasteiger partial charge in [-0.25, -0.2) is 8.78 Å². The van der Waals surface area contributed by atoms with E-state index < -0.39 is 35.6 Å². The van der Waals surface area contributed by atoms with E-state index in [9.17, 15) is 18.4 Å². The highest BCUT2D eigenvalue weighted by molar-refractivity contribution is 6.01. The molecule has 1 aromatic carbocycles.